The first-order valence-corrected chi connectivity index (χ1v) is 9.63. The predicted molar refractivity (Wildman–Crippen MR) is 104 cm³/mol. The molecule has 1 aliphatic rings. The van der Waals surface area contributed by atoms with Crippen LogP contribution in [0, 0.1) is 5.92 Å². The van der Waals surface area contributed by atoms with Crippen molar-refractivity contribution in [2.24, 2.45) is 5.92 Å². The number of hydrogen-bond acceptors (Lipinski definition) is 3. The molecule has 1 amide bonds. The molecule has 0 spiro atoms. The lowest BCUT2D eigenvalue weighted by Crippen LogP contribution is -2.50. The lowest BCUT2D eigenvalue weighted by atomic mass is 9.91. The van der Waals surface area contributed by atoms with Gasteiger partial charge in [-0.05, 0) is 36.2 Å². The van der Waals surface area contributed by atoms with Crippen molar-refractivity contribution in [3.05, 3.63) is 58.5 Å². The molecule has 9 heteroatoms. The van der Waals surface area contributed by atoms with E-state index in [-0.39, 0.29) is 18.1 Å². The van der Waals surface area contributed by atoms with E-state index < -0.39 is 23.4 Å². The Kier molecular flexibility index (Phi) is 6.09. The van der Waals surface area contributed by atoms with E-state index in [1.165, 1.54) is 33.9 Å². The number of alkyl halides is 3. The van der Waals surface area contributed by atoms with E-state index in [0.29, 0.717) is 30.8 Å². The highest BCUT2D eigenvalue weighted by molar-refractivity contribution is 5.65. The van der Waals surface area contributed by atoms with Crippen LogP contribution in [0.15, 0.2) is 47.4 Å². The van der Waals surface area contributed by atoms with Gasteiger partial charge in [0.25, 0.3) is 5.56 Å². The fraction of sp³-hybridized carbons (Fsp3) is 0.429. The Bertz CT molecular complexity index is 954. The van der Waals surface area contributed by atoms with E-state index in [2.05, 4.69) is 0 Å². The van der Waals surface area contributed by atoms with Crippen LogP contribution in [0.5, 0.6) is 5.75 Å². The SMILES string of the molecule is CC(C)C1CC(Oc2ccn(-c3ccc(C(F)(F)F)cc3)c(=O)c2)CCN1C(=O)O. The minimum atomic E-state index is -4.44. The van der Waals surface area contributed by atoms with Crippen LogP contribution >= 0.6 is 0 Å². The third-order valence-corrected chi connectivity index (χ3v) is 5.28. The van der Waals surface area contributed by atoms with Crippen LogP contribution in [-0.2, 0) is 6.18 Å². The molecule has 162 valence electrons. The standard InChI is InChI=1S/C21H23F3N2O4/c1-13(2)18-11-16(8-10-26(18)20(28)29)30-17-7-9-25(19(27)12-17)15-5-3-14(4-6-15)21(22,23)24/h3-7,9,12-13,16,18H,8,10-11H2,1-2H3,(H,28,29). The highest BCUT2D eigenvalue weighted by atomic mass is 19.4. The molecule has 1 fully saturated rings. The molecule has 2 unspecified atom stereocenters. The van der Waals surface area contributed by atoms with Gasteiger partial charge in [-0.25, -0.2) is 4.79 Å². The van der Waals surface area contributed by atoms with Gasteiger partial charge in [0.15, 0.2) is 0 Å². The molecule has 0 saturated carbocycles. The Hall–Kier alpha value is -2.97. The molecule has 1 saturated heterocycles. The van der Waals surface area contributed by atoms with Gasteiger partial charge in [0, 0.05) is 43.4 Å². The highest BCUT2D eigenvalue weighted by Crippen LogP contribution is 2.30. The summed E-state index contributed by atoms with van der Waals surface area (Å²) >= 11 is 0. The van der Waals surface area contributed by atoms with Gasteiger partial charge in [-0.1, -0.05) is 13.8 Å². The van der Waals surface area contributed by atoms with Gasteiger partial charge >= 0.3 is 12.3 Å². The molecule has 6 nitrogen and oxygen atoms in total. The number of pyridine rings is 1. The fourth-order valence-electron chi connectivity index (χ4n) is 3.69. The number of aromatic nitrogens is 1. The molecule has 1 aromatic heterocycles. The number of hydrogen-bond donors (Lipinski definition) is 1. The van der Waals surface area contributed by atoms with Gasteiger partial charge in [0.2, 0.25) is 0 Å². The Morgan fingerprint density at radius 2 is 1.87 bits per heavy atom. The van der Waals surface area contributed by atoms with Gasteiger partial charge in [-0.3, -0.25) is 9.36 Å². The number of piperidine rings is 1. The van der Waals surface area contributed by atoms with Crippen molar-refractivity contribution >= 4 is 6.09 Å². The molecule has 0 radical (unpaired) electrons. The number of carbonyl (C=O) groups is 1. The summed E-state index contributed by atoms with van der Waals surface area (Å²) in [5.41, 5.74) is -0.906. The van der Waals surface area contributed by atoms with Crippen molar-refractivity contribution in [2.45, 2.75) is 45.0 Å². The van der Waals surface area contributed by atoms with Gasteiger partial charge in [-0.2, -0.15) is 13.2 Å². The Morgan fingerprint density at radius 3 is 2.40 bits per heavy atom. The summed E-state index contributed by atoms with van der Waals surface area (Å²) in [7, 11) is 0. The zero-order valence-electron chi connectivity index (χ0n) is 16.6. The zero-order chi connectivity index (χ0) is 22.1. The second-order valence-electron chi connectivity index (χ2n) is 7.67. The Balaban J connectivity index is 1.73. The minimum absolute atomic E-state index is 0.125. The van der Waals surface area contributed by atoms with Crippen LogP contribution in [0.2, 0.25) is 0 Å². The van der Waals surface area contributed by atoms with Crippen molar-refractivity contribution in [1.82, 2.24) is 9.47 Å². The number of halogens is 3. The number of carboxylic acid groups (broad SMARTS) is 1. The lowest BCUT2D eigenvalue weighted by molar-refractivity contribution is -0.137. The van der Waals surface area contributed by atoms with Gasteiger partial charge in [0.1, 0.15) is 11.9 Å². The summed E-state index contributed by atoms with van der Waals surface area (Å²) in [5.74, 6) is 0.472. The third kappa shape index (κ3) is 4.77. The van der Waals surface area contributed by atoms with Gasteiger partial charge in [0.05, 0.1) is 5.56 Å². The summed E-state index contributed by atoms with van der Waals surface area (Å²) < 4.78 is 45.3. The molecule has 2 heterocycles. The van der Waals surface area contributed by atoms with Crippen LogP contribution in [0.25, 0.3) is 5.69 Å². The van der Waals surface area contributed by atoms with Crippen molar-refractivity contribution < 1.29 is 27.8 Å². The molecule has 2 atom stereocenters. The molecule has 30 heavy (non-hydrogen) atoms. The van der Waals surface area contributed by atoms with Crippen LogP contribution < -0.4 is 10.3 Å². The van der Waals surface area contributed by atoms with Crippen molar-refractivity contribution in [2.75, 3.05) is 6.54 Å². The van der Waals surface area contributed by atoms with E-state index >= 15 is 0 Å². The molecular formula is C21H23F3N2O4. The average molecular weight is 424 g/mol. The molecule has 2 aromatic rings. The largest absolute Gasteiger partial charge is 0.490 e. The molecule has 1 aromatic carbocycles. The smallest absolute Gasteiger partial charge is 0.416 e. The number of nitrogens with zero attached hydrogens (tertiary/aromatic N) is 2. The summed E-state index contributed by atoms with van der Waals surface area (Å²) in [5, 5.41) is 9.35. The monoisotopic (exact) mass is 424 g/mol. The first kappa shape index (κ1) is 21.7. The number of likely N-dealkylation sites (tertiary alicyclic amines) is 1. The number of rotatable bonds is 4. The normalized spacial score (nSPS) is 19.7. The Morgan fingerprint density at radius 1 is 1.20 bits per heavy atom. The molecule has 0 aliphatic carbocycles. The van der Waals surface area contributed by atoms with E-state index in [0.717, 1.165) is 12.1 Å². The molecule has 1 aliphatic heterocycles. The summed E-state index contributed by atoms with van der Waals surface area (Å²) in [6.45, 7) is 4.26. The maximum absolute atomic E-state index is 12.7. The van der Waals surface area contributed by atoms with Crippen LogP contribution in [0.1, 0.15) is 32.3 Å². The van der Waals surface area contributed by atoms with Crippen molar-refractivity contribution in [3.63, 3.8) is 0 Å². The summed E-state index contributed by atoms with van der Waals surface area (Å²) in [4.78, 5) is 25.3. The number of ether oxygens (including phenoxy) is 1. The van der Waals surface area contributed by atoms with Crippen LogP contribution in [-0.4, -0.2) is 39.4 Å². The average Bonchev–Trinajstić information content (AvgIpc) is 2.67. The zero-order valence-corrected chi connectivity index (χ0v) is 16.6. The summed E-state index contributed by atoms with van der Waals surface area (Å²) in [6, 6.07) is 7.01. The first-order valence-electron chi connectivity index (χ1n) is 9.63. The molecule has 3 rings (SSSR count). The van der Waals surface area contributed by atoms with Crippen LogP contribution in [0.3, 0.4) is 0 Å². The molecule has 1 N–H and O–H groups in total. The number of benzene rings is 1. The van der Waals surface area contributed by atoms with Crippen molar-refractivity contribution in [1.29, 1.82) is 0 Å². The van der Waals surface area contributed by atoms with E-state index in [1.54, 1.807) is 6.07 Å². The minimum Gasteiger partial charge on any atom is -0.490 e. The van der Waals surface area contributed by atoms with Crippen LogP contribution in [0.4, 0.5) is 18.0 Å². The van der Waals surface area contributed by atoms with E-state index in [1.807, 2.05) is 13.8 Å². The second kappa shape index (κ2) is 8.41. The maximum atomic E-state index is 12.7. The fourth-order valence-corrected chi connectivity index (χ4v) is 3.69. The second-order valence-corrected chi connectivity index (χ2v) is 7.67. The molecular weight excluding hydrogens is 401 g/mol. The lowest BCUT2D eigenvalue weighted by Gasteiger charge is -2.39. The molecule has 0 bridgehead atoms. The first-order chi connectivity index (χ1) is 14.1. The number of amides is 1. The Labute approximate surface area is 171 Å². The predicted octanol–water partition coefficient (Wildman–Crippen LogP) is 4.40. The third-order valence-electron chi connectivity index (χ3n) is 5.28. The highest BCUT2D eigenvalue weighted by Gasteiger charge is 2.34. The van der Waals surface area contributed by atoms with Crippen molar-refractivity contribution in [3.8, 4) is 11.4 Å². The quantitative estimate of drug-likeness (QED) is 0.790. The summed E-state index contributed by atoms with van der Waals surface area (Å²) in [6.07, 6.45) is -3.14. The van der Waals surface area contributed by atoms with Gasteiger partial charge < -0.3 is 14.7 Å². The van der Waals surface area contributed by atoms with E-state index in [9.17, 15) is 27.9 Å². The maximum Gasteiger partial charge on any atom is 0.416 e. The van der Waals surface area contributed by atoms with E-state index in [4.69, 9.17) is 4.74 Å². The topological polar surface area (TPSA) is 71.8 Å². The van der Waals surface area contributed by atoms with Gasteiger partial charge in [-0.15, -0.1) is 0 Å².